The first-order valence-corrected chi connectivity index (χ1v) is 7.95. The summed E-state index contributed by atoms with van der Waals surface area (Å²) in [6.07, 6.45) is 1.11. The van der Waals surface area contributed by atoms with Gasteiger partial charge in [-0.2, -0.15) is 0 Å². The number of rotatable bonds is 12. The molecule has 0 aromatic heterocycles. The Kier molecular flexibility index (Phi) is 8.82. The van der Waals surface area contributed by atoms with Crippen LogP contribution in [0.1, 0.15) is 66.2 Å². The minimum Gasteiger partial charge on any atom is -0.481 e. The highest BCUT2D eigenvalue weighted by molar-refractivity contribution is 5.89. The van der Waals surface area contributed by atoms with Gasteiger partial charge in [0, 0.05) is 6.61 Å². The third-order valence-corrected chi connectivity index (χ3v) is 3.73. The molecule has 2 atom stereocenters. The lowest BCUT2D eigenvalue weighted by molar-refractivity contribution is -0.184. The number of aliphatic carboxylic acids is 2. The fourth-order valence-electron chi connectivity index (χ4n) is 2.29. The highest BCUT2D eigenvalue weighted by Gasteiger charge is 2.45. The average Bonchev–Trinajstić information content (AvgIpc) is 2.43. The van der Waals surface area contributed by atoms with Gasteiger partial charge < -0.3 is 19.7 Å². The summed E-state index contributed by atoms with van der Waals surface area (Å²) in [7, 11) is 0. The number of carbonyl (C=O) groups excluding carboxylic acids is 1. The van der Waals surface area contributed by atoms with E-state index in [0.29, 0.717) is 19.3 Å². The van der Waals surface area contributed by atoms with Crippen LogP contribution in [0.25, 0.3) is 0 Å². The van der Waals surface area contributed by atoms with Crippen LogP contribution >= 0.6 is 0 Å². The molecule has 7 heteroatoms. The zero-order valence-electron chi connectivity index (χ0n) is 14.4. The van der Waals surface area contributed by atoms with Crippen molar-refractivity contribution in [3.63, 3.8) is 0 Å². The first-order valence-electron chi connectivity index (χ1n) is 7.95. The van der Waals surface area contributed by atoms with E-state index < -0.39 is 42.0 Å². The van der Waals surface area contributed by atoms with Crippen molar-refractivity contribution in [3.8, 4) is 0 Å². The van der Waals surface area contributed by atoms with Crippen molar-refractivity contribution in [3.05, 3.63) is 0 Å². The summed E-state index contributed by atoms with van der Waals surface area (Å²) < 4.78 is 10.7. The first kappa shape index (κ1) is 21.4. The lowest BCUT2D eigenvalue weighted by atomic mass is 9.94. The van der Waals surface area contributed by atoms with Crippen LogP contribution in [0.4, 0.5) is 0 Å². The number of ether oxygens (including phenoxy) is 2. The fourth-order valence-corrected chi connectivity index (χ4v) is 2.29. The van der Waals surface area contributed by atoms with Crippen molar-refractivity contribution in [2.45, 2.75) is 77.4 Å². The van der Waals surface area contributed by atoms with Crippen LogP contribution in [0.15, 0.2) is 0 Å². The van der Waals surface area contributed by atoms with E-state index in [1.807, 2.05) is 13.8 Å². The molecule has 0 saturated heterocycles. The Hall–Kier alpha value is -1.63. The van der Waals surface area contributed by atoms with E-state index in [9.17, 15) is 19.5 Å². The van der Waals surface area contributed by atoms with Gasteiger partial charge in [-0.05, 0) is 26.2 Å². The third kappa shape index (κ3) is 6.99. The molecule has 0 rings (SSSR count). The Morgan fingerprint density at radius 3 is 2.00 bits per heavy atom. The largest absolute Gasteiger partial charge is 0.481 e. The molecule has 0 aromatic carbocycles. The van der Waals surface area contributed by atoms with E-state index in [4.69, 9.17) is 14.6 Å². The molecule has 0 fully saturated rings. The van der Waals surface area contributed by atoms with Gasteiger partial charge >= 0.3 is 17.9 Å². The Labute approximate surface area is 137 Å². The molecule has 0 aromatic rings. The number of esters is 1. The topological polar surface area (TPSA) is 110 Å². The van der Waals surface area contributed by atoms with Crippen molar-refractivity contribution in [2.75, 3.05) is 6.61 Å². The van der Waals surface area contributed by atoms with E-state index in [0.717, 1.165) is 6.42 Å². The molecule has 0 aliphatic carbocycles. The number of carbonyl (C=O) groups is 3. The van der Waals surface area contributed by atoms with Crippen LogP contribution in [-0.4, -0.2) is 45.9 Å². The van der Waals surface area contributed by atoms with Gasteiger partial charge in [0.2, 0.25) is 0 Å². The second kappa shape index (κ2) is 9.50. The van der Waals surface area contributed by atoms with Crippen LogP contribution in [0, 0.1) is 0 Å². The summed E-state index contributed by atoms with van der Waals surface area (Å²) in [6, 6.07) is 0. The molecular formula is C16H28O7. The van der Waals surface area contributed by atoms with Crippen molar-refractivity contribution >= 4 is 17.9 Å². The summed E-state index contributed by atoms with van der Waals surface area (Å²) in [4.78, 5) is 34.8. The molecule has 7 nitrogen and oxygen atoms in total. The molecule has 23 heavy (non-hydrogen) atoms. The normalized spacial score (nSPS) is 16.2. The van der Waals surface area contributed by atoms with Crippen LogP contribution in [-0.2, 0) is 23.9 Å². The molecule has 0 aliphatic rings. The zero-order chi connectivity index (χ0) is 18.1. The highest BCUT2D eigenvalue weighted by Crippen LogP contribution is 2.27. The summed E-state index contributed by atoms with van der Waals surface area (Å²) in [5, 5.41) is 18.4. The van der Waals surface area contributed by atoms with E-state index in [-0.39, 0.29) is 6.61 Å². The van der Waals surface area contributed by atoms with Crippen LogP contribution in [0.2, 0.25) is 0 Å². The van der Waals surface area contributed by atoms with Gasteiger partial charge in [0.05, 0.1) is 12.8 Å². The van der Waals surface area contributed by atoms with Gasteiger partial charge in [0.15, 0.2) is 5.60 Å². The van der Waals surface area contributed by atoms with Gasteiger partial charge in [0.25, 0.3) is 0 Å². The van der Waals surface area contributed by atoms with E-state index >= 15 is 0 Å². The van der Waals surface area contributed by atoms with Crippen LogP contribution < -0.4 is 0 Å². The number of carboxylic acid groups (broad SMARTS) is 2. The molecule has 0 bridgehead atoms. The van der Waals surface area contributed by atoms with Gasteiger partial charge in [-0.15, -0.1) is 0 Å². The SMILES string of the molecule is CCCOC(CC(=O)O)(CC(=O)OC(C)(CC)CCC)C(=O)O. The molecule has 0 heterocycles. The minimum absolute atomic E-state index is 0.0485. The highest BCUT2D eigenvalue weighted by atomic mass is 16.6. The summed E-state index contributed by atoms with van der Waals surface area (Å²) in [6.45, 7) is 7.42. The minimum atomic E-state index is -2.10. The molecule has 0 saturated carbocycles. The predicted octanol–water partition coefficient (Wildman–Crippen LogP) is 2.61. The lowest BCUT2D eigenvalue weighted by Gasteiger charge is -2.31. The smallest absolute Gasteiger partial charge is 0.337 e. The maximum absolute atomic E-state index is 12.2. The second-order valence-electron chi connectivity index (χ2n) is 5.92. The fraction of sp³-hybridized carbons (Fsp3) is 0.812. The maximum atomic E-state index is 12.2. The van der Waals surface area contributed by atoms with E-state index in [2.05, 4.69) is 0 Å². The number of carboxylic acids is 2. The van der Waals surface area contributed by atoms with Crippen LogP contribution in [0.5, 0.6) is 0 Å². The molecule has 0 spiro atoms. The standard InChI is InChI=1S/C16H28O7/c1-5-8-15(4,7-3)23-13(19)11-16(14(20)21,10-12(17)18)22-9-6-2/h5-11H2,1-4H3,(H,17,18)(H,20,21). The summed E-state index contributed by atoms with van der Waals surface area (Å²) >= 11 is 0. The van der Waals surface area contributed by atoms with Gasteiger partial charge in [-0.1, -0.05) is 27.2 Å². The van der Waals surface area contributed by atoms with E-state index in [1.54, 1.807) is 13.8 Å². The van der Waals surface area contributed by atoms with Gasteiger partial charge in [-0.3, -0.25) is 9.59 Å². The predicted molar refractivity (Wildman–Crippen MR) is 83.2 cm³/mol. The Balaban J connectivity index is 5.23. The average molecular weight is 332 g/mol. The van der Waals surface area contributed by atoms with Crippen LogP contribution in [0.3, 0.4) is 0 Å². The lowest BCUT2D eigenvalue weighted by Crippen LogP contribution is -2.47. The molecule has 2 N–H and O–H groups in total. The number of hydrogen-bond acceptors (Lipinski definition) is 5. The Morgan fingerprint density at radius 1 is 1.00 bits per heavy atom. The molecule has 0 radical (unpaired) electrons. The Bertz CT molecular complexity index is 421. The van der Waals surface area contributed by atoms with Crippen molar-refractivity contribution < 1.29 is 34.1 Å². The van der Waals surface area contributed by atoms with Gasteiger partial charge in [0.1, 0.15) is 5.60 Å². The van der Waals surface area contributed by atoms with Gasteiger partial charge in [-0.25, -0.2) is 4.79 Å². The zero-order valence-corrected chi connectivity index (χ0v) is 14.4. The monoisotopic (exact) mass is 332 g/mol. The Morgan fingerprint density at radius 2 is 1.61 bits per heavy atom. The van der Waals surface area contributed by atoms with E-state index in [1.165, 1.54) is 0 Å². The van der Waals surface area contributed by atoms with Crippen molar-refractivity contribution in [1.82, 2.24) is 0 Å². The first-order chi connectivity index (χ1) is 10.6. The molecule has 0 aliphatic heterocycles. The number of hydrogen-bond donors (Lipinski definition) is 2. The quantitative estimate of drug-likeness (QED) is 0.528. The third-order valence-electron chi connectivity index (χ3n) is 3.73. The molecular weight excluding hydrogens is 304 g/mol. The second-order valence-corrected chi connectivity index (χ2v) is 5.92. The summed E-state index contributed by atoms with van der Waals surface area (Å²) in [5.74, 6) is -3.58. The summed E-state index contributed by atoms with van der Waals surface area (Å²) in [5.41, 5.74) is -2.79. The maximum Gasteiger partial charge on any atom is 0.337 e. The molecule has 2 unspecified atom stereocenters. The molecule has 134 valence electrons. The van der Waals surface area contributed by atoms with Crippen molar-refractivity contribution in [2.24, 2.45) is 0 Å². The molecule has 0 amide bonds. The van der Waals surface area contributed by atoms with Crippen molar-refractivity contribution in [1.29, 1.82) is 0 Å².